The lowest BCUT2D eigenvalue weighted by Crippen LogP contribution is -2.22. The maximum absolute atomic E-state index is 12.7. The fourth-order valence-electron chi connectivity index (χ4n) is 3.33. The molecular formula is C21H21N3O3S. The maximum Gasteiger partial charge on any atom is 0.238 e. The number of aryl methyl sites for hydroxylation is 1. The summed E-state index contributed by atoms with van der Waals surface area (Å²) in [5.41, 5.74) is 3.69. The summed E-state index contributed by atoms with van der Waals surface area (Å²) < 4.78 is 7.01. The summed E-state index contributed by atoms with van der Waals surface area (Å²) in [6, 6.07) is 14.7. The molecule has 0 saturated carbocycles. The van der Waals surface area contributed by atoms with E-state index in [1.54, 1.807) is 35.7 Å². The zero-order valence-electron chi connectivity index (χ0n) is 15.8. The minimum atomic E-state index is -0.227. The lowest BCUT2D eigenvalue weighted by atomic mass is 10.0. The Morgan fingerprint density at radius 2 is 1.82 bits per heavy atom. The number of aromatic nitrogens is 2. The minimum absolute atomic E-state index is 0.0535. The number of aromatic hydroxyl groups is 1. The van der Waals surface area contributed by atoms with Gasteiger partial charge in [0.2, 0.25) is 5.91 Å². The van der Waals surface area contributed by atoms with E-state index in [1.165, 1.54) is 0 Å². The predicted molar refractivity (Wildman–Crippen MR) is 110 cm³/mol. The normalized spacial score (nSPS) is 18.9. The van der Waals surface area contributed by atoms with Crippen LogP contribution in [0.1, 0.15) is 29.0 Å². The Bertz CT molecular complexity index is 1010. The monoisotopic (exact) mass is 395 g/mol. The number of hydrogen-bond acceptors (Lipinski definition) is 5. The molecule has 0 bridgehead atoms. The van der Waals surface area contributed by atoms with E-state index in [2.05, 4.69) is 5.32 Å². The summed E-state index contributed by atoms with van der Waals surface area (Å²) in [5.74, 6) is 1.61. The van der Waals surface area contributed by atoms with E-state index in [4.69, 9.17) is 9.84 Å². The number of thioether (sulfide) groups is 1. The van der Waals surface area contributed by atoms with Gasteiger partial charge >= 0.3 is 0 Å². The molecule has 0 aliphatic carbocycles. The van der Waals surface area contributed by atoms with Crippen molar-refractivity contribution in [2.75, 3.05) is 12.4 Å². The number of benzene rings is 2. The Labute approximate surface area is 167 Å². The Balaban J connectivity index is 1.87. The van der Waals surface area contributed by atoms with Crippen molar-refractivity contribution in [3.05, 3.63) is 65.4 Å². The number of carbonyl (C=O) groups is 1. The number of phenolic OH excluding ortho intramolecular Hbond substituents is 1. The first-order chi connectivity index (χ1) is 13.5. The molecule has 0 unspecified atom stereocenters. The Kier molecular flexibility index (Phi) is 4.77. The van der Waals surface area contributed by atoms with Crippen LogP contribution in [0.15, 0.2) is 48.5 Å². The Morgan fingerprint density at radius 1 is 1.14 bits per heavy atom. The van der Waals surface area contributed by atoms with Crippen LogP contribution in [0.5, 0.6) is 11.5 Å². The molecule has 0 saturated heterocycles. The zero-order valence-corrected chi connectivity index (χ0v) is 16.7. The number of methoxy groups -OCH3 is 1. The summed E-state index contributed by atoms with van der Waals surface area (Å²) >= 11 is 1.58. The number of phenols is 1. The van der Waals surface area contributed by atoms with Gasteiger partial charge in [0.25, 0.3) is 0 Å². The number of ether oxygens (including phenoxy) is 1. The van der Waals surface area contributed by atoms with Crippen molar-refractivity contribution in [1.29, 1.82) is 0 Å². The molecule has 1 aromatic heterocycles. The molecule has 0 radical (unpaired) electrons. The number of anilines is 1. The topological polar surface area (TPSA) is 76.4 Å². The summed E-state index contributed by atoms with van der Waals surface area (Å²) in [5, 5.41) is 17.1. The molecule has 0 spiro atoms. The largest absolute Gasteiger partial charge is 0.508 e. The number of carbonyl (C=O) groups excluding carboxylic acids is 1. The van der Waals surface area contributed by atoms with Gasteiger partial charge in [-0.25, -0.2) is 4.68 Å². The molecule has 3 aromatic rings. The van der Waals surface area contributed by atoms with Crippen LogP contribution < -0.4 is 10.1 Å². The average Bonchev–Trinajstić information content (AvgIpc) is 2.95. The number of nitrogens with zero attached hydrogens (tertiary/aromatic N) is 2. The van der Waals surface area contributed by atoms with Gasteiger partial charge < -0.3 is 15.2 Å². The van der Waals surface area contributed by atoms with E-state index >= 15 is 0 Å². The van der Waals surface area contributed by atoms with Gasteiger partial charge in [0.1, 0.15) is 17.3 Å². The highest BCUT2D eigenvalue weighted by atomic mass is 32.2. The third kappa shape index (κ3) is 3.22. The highest BCUT2D eigenvalue weighted by Crippen LogP contribution is 2.46. The van der Waals surface area contributed by atoms with Crippen molar-refractivity contribution in [3.63, 3.8) is 0 Å². The second-order valence-corrected chi connectivity index (χ2v) is 8.15. The smallest absolute Gasteiger partial charge is 0.238 e. The SMILES string of the molecule is COc1ccc(-n2nc(C)c3c2NC(=O)[C@@H](C)S[C@H]3c2ccc(O)cc2)cc1. The van der Waals surface area contributed by atoms with Gasteiger partial charge in [-0.3, -0.25) is 4.79 Å². The van der Waals surface area contributed by atoms with E-state index in [0.717, 1.165) is 28.3 Å². The van der Waals surface area contributed by atoms with Gasteiger partial charge in [-0.15, -0.1) is 11.8 Å². The molecule has 6 nitrogen and oxygen atoms in total. The third-order valence-electron chi connectivity index (χ3n) is 4.83. The van der Waals surface area contributed by atoms with Crippen molar-refractivity contribution in [2.24, 2.45) is 0 Å². The van der Waals surface area contributed by atoms with Crippen LogP contribution in [0.3, 0.4) is 0 Å². The molecule has 144 valence electrons. The Morgan fingerprint density at radius 3 is 2.46 bits per heavy atom. The van der Waals surface area contributed by atoms with E-state index in [9.17, 15) is 9.90 Å². The molecule has 2 atom stereocenters. The number of nitrogens with one attached hydrogen (secondary N) is 1. The fraction of sp³-hybridized carbons (Fsp3) is 0.238. The third-order valence-corrected chi connectivity index (χ3v) is 6.24. The van der Waals surface area contributed by atoms with Gasteiger partial charge in [0.05, 0.1) is 29.0 Å². The van der Waals surface area contributed by atoms with E-state index in [1.807, 2.05) is 50.2 Å². The van der Waals surface area contributed by atoms with Crippen LogP contribution in [0.25, 0.3) is 5.69 Å². The van der Waals surface area contributed by atoms with Gasteiger partial charge in [0.15, 0.2) is 0 Å². The predicted octanol–water partition coefficient (Wildman–Crippen LogP) is 4.06. The Hall–Kier alpha value is -2.93. The maximum atomic E-state index is 12.7. The van der Waals surface area contributed by atoms with Crippen LogP contribution in [0.2, 0.25) is 0 Å². The standard InChI is InChI=1S/C21H21N3O3S/c1-12-18-19(14-4-8-16(25)9-5-14)28-13(2)21(26)22-20(18)24(23-12)15-6-10-17(27-3)11-7-15/h4-11,13,19,25H,1-3H3,(H,22,26)/t13-,19+/m1/s1. The molecule has 0 fully saturated rings. The van der Waals surface area contributed by atoms with Gasteiger partial charge in [-0.1, -0.05) is 12.1 Å². The van der Waals surface area contributed by atoms with Crippen molar-refractivity contribution in [3.8, 4) is 17.2 Å². The van der Waals surface area contributed by atoms with Crippen LogP contribution in [-0.4, -0.2) is 33.2 Å². The highest BCUT2D eigenvalue weighted by molar-refractivity contribution is 8.01. The molecule has 7 heteroatoms. The van der Waals surface area contributed by atoms with Gasteiger partial charge in [-0.2, -0.15) is 5.10 Å². The van der Waals surface area contributed by atoms with Crippen LogP contribution in [-0.2, 0) is 4.79 Å². The molecule has 2 heterocycles. The molecular weight excluding hydrogens is 374 g/mol. The molecule has 4 rings (SSSR count). The van der Waals surface area contributed by atoms with Gasteiger partial charge in [-0.05, 0) is 55.8 Å². The lowest BCUT2D eigenvalue weighted by molar-refractivity contribution is -0.115. The number of hydrogen-bond donors (Lipinski definition) is 2. The highest BCUT2D eigenvalue weighted by Gasteiger charge is 2.34. The first-order valence-corrected chi connectivity index (χ1v) is 9.91. The minimum Gasteiger partial charge on any atom is -0.508 e. The second kappa shape index (κ2) is 7.24. The fourth-order valence-corrected chi connectivity index (χ4v) is 4.65. The number of rotatable bonds is 3. The van der Waals surface area contributed by atoms with E-state index in [0.29, 0.717) is 5.82 Å². The first kappa shape index (κ1) is 18.4. The summed E-state index contributed by atoms with van der Waals surface area (Å²) in [4.78, 5) is 12.7. The van der Waals surface area contributed by atoms with Crippen LogP contribution in [0, 0.1) is 6.92 Å². The van der Waals surface area contributed by atoms with Gasteiger partial charge in [0, 0.05) is 5.56 Å². The molecule has 2 N–H and O–H groups in total. The summed E-state index contributed by atoms with van der Waals surface area (Å²) in [6.07, 6.45) is 0. The molecule has 1 aliphatic heterocycles. The molecule has 2 aromatic carbocycles. The van der Waals surface area contributed by atoms with Crippen molar-refractivity contribution >= 4 is 23.5 Å². The number of amides is 1. The van der Waals surface area contributed by atoms with Crippen LogP contribution >= 0.6 is 11.8 Å². The van der Waals surface area contributed by atoms with Crippen molar-refractivity contribution < 1.29 is 14.6 Å². The van der Waals surface area contributed by atoms with Crippen molar-refractivity contribution in [2.45, 2.75) is 24.3 Å². The zero-order chi connectivity index (χ0) is 19.8. The lowest BCUT2D eigenvalue weighted by Gasteiger charge is -2.17. The summed E-state index contributed by atoms with van der Waals surface area (Å²) in [6.45, 7) is 3.86. The second-order valence-electron chi connectivity index (χ2n) is 6.70. The first-order valence-electron chi connectivity index (χ1n) is 8.97. The number of fused-ring (bicyclic) bond motifs is 1. The molecule has 1 aliphatic rings. The summed E-state index contributed by atoms with van der Waals surface area (Å²) in [7, 11) is 1.63. The quantitative estimate of drug-likeness (QED) is 0.699. The molecule has 28 heavy (non-hydrogen) atoms. The van der Waals surface area contributed by atoms with E-state index in [-0.39, 0.29) is 22.2 Å². The van der Waals surface area contributed by atoms with E-state index < -0.39 is 0 Å². The van der Waals surface area contributed by atoms with Crippen molar-refractivity contribution in [1.82, 2.24) is 9.78 Å². The average molecular weight is 395 g/mol. The molecule has 1 amide bonds. The van der Waals surface area contributed by atoms with Crippen LogP contribution in [0.4, 0.5) is 5.82 Å².